The highest BCUT2D eigenvalue weighted by molar-refractivity contribution is 7.91. The van der Waals surface area contributed by atoms with Crippen molar-refractivity contribution < 1.29 is 17.9 Å². The van der Waals surface area contributed by atoms with Crippen LogP contribution in [0.15, 0.2) is 24.3 Å². The van der Waals surface area contributed by atoms with Gasteiger partial charge in [0.2, 0.25) is 0 Å². The van der Waals surface area contributed by atoms with E-state index in [0.29, 0.717) is 0 Å². The number of rotatable bonds is 8. The van der Waals surface area contributed by atoms with Crippen LogP contribution in [0.5, 0.6) is 0 Å². The van der Waals surface area contributed by atoms with Crippen LogP contribution in [0.25, 0.3) is 0 Å². The van der Waals surface area contributed by atoms with Crippen molar-refractivity contribution in [2.75, 3.05) is 18.6 Å². The monoisotopic (exact) mass is 313 g/mol. The Bertz CT molecular complexity index is 552. The fourth-order valence-corrected chi connectivity index (χ4v) is 3.40. The Kier molecular flexibility index (Phi) is 6.84. The van der Waals surface area contributed by atoms with Gasteiger partial charge in [0.15, 0.2) is 9.84 Å². The number of carbonyl (C=O) groups is 1. The van der Waals surface area contributed by atoms with Gasteiger partial charge in [-0.3, -0.25) is 4.79 Å². The maximum atomic E-state index is 11.9. The van der Waals surface area contributed by atoms with Crippen molar-refractivity contribution in [3.05, 3.63) is 35.4 Å². The van der Waals surface area contributed by atoms with E-state index in [2.05, 4.69) is 11.7 Å². The summed E-state index contributed by atoms with van der Waals surface area (Å²) in [5.74, 6) is -0.936. The lowest BCUT2D eigenvalue weighted by Crippen LogP contribution is -2.24. The van der Waals surface area contributed by atoms with E-state index in [1.807, 2.05) is 24.3 Å². The molecular formula is C15H23NO4S. The first-order chi connectivity index (χ1) is 9.88. The molecule has 0 heterocycles. The van der Waals surface area contributed by atoms with E-state index >= 15 is 0 Å². The topological polar surface area (TPSA) is 86.5 Å². The number of sulfone groups is 1. The molecule has 1 unspecified atom stereocenters. The van der Waals surface area contributed by atoms with Crippen LogP contribution in [0.3, 0.4) is 0 Å². The van der Waals surface area contributed by atoms with E-state index in [-0.39, 0.29) is 17.9 Å². The largest absolute Gasteiger partial charge is 0.469 e. The van der Waals surface area contributed by atoms with Gasteiger partial charge in [0.05, 0.1) is 25.0 Å². The van der Waals surface area contributed by atoms with Gasteiger partial charge in [0.1, 0.15) is 0 Å². The van der Waals surface area contributed by atoms with Crippen LogP contribution in [0.2, 0.25) is 0 Å². The molecule has 0 bridgehead atoms. The zero-order valence-electron chi connectivity index (χ0n) is 12.5. The maximum Gasteiger partial charge on any atom is 0.306 e. The number of ether oxygens (including phenoxy) is 1. The minimum Gasteiger partial charge on any atom is -0.469 e. The highest BCUT2D eigenvalue weighted by Gasteiger charge is 2.19. The fourth-order valence-electron chi connectivity index (χ4n) is 2.01. The van der Waals surface area contributed by atoms with Crippen LogP contribution in [-0.4, -0.2) is 33.0 Å². The first kappa shape index (κ1) is 17.7. The van der Waals surface area contributed by atoms with Crippen LogP contribution in [-0.2, 0) is 25.8 Å². The molecule has 0 aliphatic carbocycles. The fraction of sp³-hybridized carbons (Fsp3) is 0.533. The Hall–Kier alpha value is -1.40. The standard InChI is InChI=1S/C15H23NO4S/c1-3-4-12-5-7-13(8-6-12)14(16)11-21(18,19)10-9-15(17)20-2/h5-8,14H,3-4,9-11,16H2,1-2H3. The van der Waals surface area contributed by atoms with Crippen LogP contribution < -0.4 is 5.73 Å². The molecule has 0 aliphatic heterocycles. The summed E-state index contributed by atoms with van der Waals surface area (Å²) in [6.45, 7) is 2.10. The summed E-state index contributed by atoms with van der Waals surface area (Å²) < 4.78 is 28.3. The minimum absolute atomic E-state index is 0.138. The van der Waals surface area contributed by atoms with E-state index in [0.717, 1.165) is 18.4 Å². The summed E-state index contributed by atoms with van der Waals surface area (Å²) >= 11 is 0. The Balaban J connectivity index is 2.62. The first-order valence-electron chi connectivity index (χ1n) is 6.99. The van der Waals surface area contributed by atoms with Crippen LogP contribution in [0.1, 0.15) is 36.9 Å². The molecule has 0 aromatic heterocycles. The SMILES string of the molecule is CCCc1ccc(C(N)CS(=O)(=O)CCC(=O)OC)cc1. The van der Waals surface area contributed by atoms with Crippen LogP contribution >= 0.6 is 0 Å². The van der Waals surface area contributed by atoms with Gasteiger partial charge >= 0.3 is 5.97 Å². The van der Waals surface area contributed by atoms with E-state index < -0.39 is 21.8 Å². The number of aryl methyl sites for hydroxylation is 1. The maximum absolute atomic E-state index is 11.9. The van der Waals surface area contributed by atoms with E-state index in [1.165, 1.54) is 12.7 Å². The summed E-state index contributed by atoms with van der Waals surface area (Å²) in [5.41, 5.74) is 7.95. The quantitative estimate of drug-likeness (QED) is 0.737. The zero-order valence-corrected chi connectivity index (χ0v) is 13.4. The Labute approximate surface area is 126 Å². The lowest BCUT2D eigenvalue weighted by atomic mass is 10.0. The molecule has 0 fully saturated rings. The highest BCUT2D eigenvalue weighted by atomic mass is 32.2. The third-order valence-corrected chi connectivity index (χ3v) is 4.92. The van der Waals surface area contributed by atoms with Crippen molar-refractivity contribution in [1.82, 2.24) is 0 Å². The predicted octanol–water partition coefficient (Wildman–Crippen LogP) is 1.62. The smallest absolute Gasteiger partial charge is 0.306 e. The minimum atomic E-state index is -3.38. The van der Waals surface area contributed by atoms with Crippen molar-refractivity contribution in [3.63, 3.8) is 0 Å². The molecule has 2 N–H and O–H groups in total. The second-order valence-corrected chi connectivity index (χ2v) is 7.27. The molecule has 21 heavy (non-hydrogen) atoms. The first-order valence-corrected chi connectivity index (χ1v) is 8.81. The lowest BCUT2D eigenvalue weighted by Gasteiger charge is -2.13. The molecule has 1 atom stereocenters. The van der Waals surface area contributed by atoms with Crippen molar-refractivity contribution in [3.8, 4) is 0 Å². The molecule has 118 valence electrons. The molecule has 1 aromatic carbocycles. The average molecular weight is 313 g/mol. The van der Waals surface area contributed by atoms with Gasteiger partial charge in [-0.2, -0.15) is 0 Å². The molecule has 6 heteroatoms. The Morgan fingerprint density at radius 3 is 2.43 bits per heavy atom. The molecule has 0 saturated carbocycles. The highest BCUT2D eigenvalue weighted by Crippen LogP contribution is 2.15. The molecule has 0 radical (unpaired) electrons. The van der Waals surface area contributed by atoms with Gasteiger partial charge in [0.25, 0.3) is 0 Å². The summed E-state index contributed by atoms with van der Waals surface area (Å²) in [7, 11) is -2.15. The molecule has 0 saturated heterocycles. The number of esters is 1. The zero-order chi connectivity index (χ0) is 15.9. The lowest BCUT2D eigenvalue weighted by molar-refractivity contribution is -0.140. The number of nitrogens with two attached hydrogens (primary N) is 1. The van der Waals surface area contributed by atoms with E-state index in [9.17, 15) is 13.2 Å². The third-order valence-electron chi connectivity index (χ3n) is 3.22. The normalized spacial score (nSPS) is 12.9. The number of hydrogen-bond acceptors (Lipinski definition) is 5. The molecule has 0 aliphatic rings. The molecule has 1 aromatic rings. The summed E-state index contributed by atoms with van der Waals surface area (Å²) in [6.07, 6.45) is 1.92. The van der Waals surface area contributed by atoms with Crippen molar-refractivity contribution in [2.24, 2.45) is 5.73 Å². The van der Waals surface area contributed by atoms with Gasteiger partial charge in [-0.1, -0.05) is 37.6 Å². The summed E-state index contributed by atoms with van der Waals surface area (Å²) in [4.78, 5) is 11.0. The van der Waals surface area contributed by atoms with E-state index in [4.69, 9.17) is 5.73 Å². The third kappa shape index (κ3) is 6.27. The molecule has 0 amide bonds. The van der Waals surface area contributed by atoms with Gasteiger partial charge in [0, 0.05) is 6.04 Å². The molecule has 0 spiro atoms. The number of carbonyl (C=O) groups excluding carboxylic acids is 1. The summed E-state index contributed by atoms with van der Waals surface area (Å²) in [6, 6.07) is 7.10. The summed E-state index contributed by atoms with van der Waals surface area (Å²) in [5, 5.41) is 0. The molecule has 1 rings (SSSR count). The van der Waals surface area contributed by atoms with Gasteiger partial charge in [-0.15, -0.1) is 0 Å². The van der Waals surface area contributed by atoms with Crippen LogP contribution in [0, 0.1) is 0 Å². The van der Waals surface area contributed by atoms with Gasteiger partial charge in [-0.25, -0.2) is 8.42 Å². The number of methoxy groups -OCH3 is 1. The number of benzene rings is 1. The van der Waals surface area contributed by atoms with E-state index in [1.54, 1.807) is 0 Å². The Morgan fingerprint density at radius 2 is 1.90 bits per heavy atom. The van der Waals surface area contributed by atoms with Crippen molar-refractivity contribution in [1.29, 1.82) is 0 Å². The second-order valence-electron chi connectivity index (χ2n) is 5.04. The average Bonchev–Trinajstić information content (AvgIpc) is 2.45. The predicted molar refractivity (Wildman–Crippen MR) is 82.7 cm³/mol. The van der Waals surface area contributed by atoms with Crippen molar-refractivity contribution in [2.45, 2.75) is 32.2 Å². The second kappa shape index (κ2) is 8.14. The van der Waals surface area contributed by atoms with Crippen molar-refractivity contribution >= 4 is 15.8 Å². The van der Waals surface area contributed by atoms with Gasteiger partial charge < -0.3 is 10.5 Å². The Morgan fingerprint density at radius 1 is 1.29 bits per heavy atom. The van der Waals surface area contributed by atoms with Gasteiger partial charge in [-0.05, 0) is 17.5 Å². The molecule has 5 nitrogen and oxygen atoms in total. The number of hydrogen-bond donors (Lipinski definition) is 1. The van der Waals surface area contributed by atoms with Crippen LogP contribution in [0.4, 0.5) is 0 Å². The molecular weight excluding hydrogens is 290 g/mol.